The number of hydrogen-bond acceptors (Lipinski definition) is 4. The molecule has 126 valence electrons. The van der Waals surface area contributed by atoms with Crippen molar-refractivity contribution in [2.24, 2.45) is 0 Å². The second-order valence-corrected chi connectivity index (χ2v) is 8.31. The Morgan fingerprint density at radius 1 is 1.30 bits per heavy atom. The van der Waals surface area contributed by atoms with Crippen LogP contribution in [0.3, 0.4) is 0 Å². The summed E-state index contributed by atoms with van der Waals surface area (Å²) in [6.07, 6.45) is 1.87. The average molecular weight is 338 g/mol. The number of nitrogens with zero attached hydrogens (tertiary/aromatic N) is 2. The van der Waals surface area contributed by atoms with Gasteiger partial charge in [-0.1, -0.05) is 26.8 Å². The molecule has 0 unspecified atom stereocenters. The number of amides is 1. The van der Waals surface area contributed by atoms with Crippen LogP contribution in [0.15, 0.2) is 24.4 Å². The fourth-order valence-corrected chi connectivity index (χ4v) is 2.79. The topological polar surface area (TPSA) is 92.6 Å². The number of hydrogen-bond donors (Lipinski definition) is 2. The maximum Gasteiger partial charge on any atom is 0.272 e. The smallest absolute Gasteiger partial charge is 0.272 e. The lowest BCUT2D eigenvalue weighted by atomic mass is 9.96. The van der Waals surface area contributed by atoms with Crippen LogP contribution in [0.4, 0.5) is 0 Å². The highest BCUT2D eigenvalue weighted by molar-refractivity contribution is 7.89. The van der Waals surface area contributed by atoms with Crippen LogP contribution < -0.4 is 10.0 Å². The molecule has 2 N–H and O–H groups in total. The largest absolute Gasteiger partial charge is 0.350 e. The van der Waals surface area contributed by atoms with Gasteiger partial charge >= 0.3 is 0 Å². The first-order valence-corrected chi connectivity index (χ1v) is 8.98. The van der Waals surface area contributed by atoms with Gasteiger partial charge in [0.15, 0.2) is 5.69 Å². The van der Waals surface area contributed by atoms with Crippen LogP contribution in [0, 0.1) is 0 Å². The van der Waals surface area contributed by atoms with E-state index in [-0.39, 0.29) is 23.6 Å². The quantitative estimate of drug-likeness (QED) is 0.847. The van der Waals surface area contributed by atoms with Gasteiger partial charge < -0.3 is 9.72 Å². The van der Waals surface area contributed by atoms with Gasteiger partial charge in [-0.2, -0.15) is 0 Å². The Morgan fingerprint density at radius 3 is 2.61 bits per heavy atom. The first-order chi connectivity index (χ1) is 10.7. The molecule has 1 amide bonds. The molecule has 0 saturated carbocycles. The fraction of sp³-hybridized carbons (Fsp3) is 0.467. The Hall–Kier alpha value is -1.93. The fourth-order valence-electron chi connectivity index (χ4n) is 2.22. The maximum atomic E-state index is 12.4. The van der Waals surface area contributed by atoms with Crippen LogP contribution in [-0.2, 0) is 15.4 Å². The van der Waals surface area contributed by atoms with E-state index in [4.69, 9.17) is 0 Å². The van der Waals surface area contributed by atoms with Gasteiger partial charge in [0.2, 0.25) is 10.0 Å². The Morgan fingerprint density at radius 2 is 2.00 bits per heavy atom. The molecule has 8 heteroatoms. The summed E-state index contributed by atoms with van der Waals surface area (Å²) in [7, 11) is -2.01. The van der Waals surface area contributed by atoms with Gasteiger partial charge in [0, 0.05) is 18.2 Å². The van der Waals surface area contributed by atoms with E-state index in [9.17, 15) is 13.2 Å². The van der Waals surface area contributed by atoms with Gasteiger partial charge in [0.1, 0.15) is 5.82 Å². The minimum absolute atomic E-state index is 0.0265. The van der Waals surface area contributed by atoms with E-state index >= 15 is 0 Å². The molecule has 0 aliphatic rings. The zero-order valence-electron chi connectivity index (χ0n) is 13.8. The first kappa shape index (κ1) is 17.4. The van der Waals surface area contributed by atoms with E-state index in [2.05, 4.69) is 15.0 Å². The van der Waals surface area contributed by atoms with E-state index in [1.165, 1.54) is 7.05 Å². The van der Waals surface area contributed by atoms with E-state index in [0.29, 0.717) is 11.2 Å². The number of rotatable bonds is 5. The number of imidazole rings is 1. The van der Waals surface area contributed by atoms with Crippen molar-refractivity contribution in [2.75, 3.05) is 19.3 Å². The van der Waals surface area contributed by atoms with Crippen molar-refractivity contribution in [3.05, 3.63) is 35.9 Å². The molecular formula is C15H22N4O3S. The molecule has 7 nitrogen and oxygen atoms in total. The number of carbonyl (C=O) groups excluding carboxylic acids is 1. The third kappa shape index (κ3) is 3.89. The molecule has 23 heavy (non-hydrogen) atoms. The summed E-state index contributed by atoms with van der Waals surface area (Å²) in [4.78, 5) is 16.9. The van der Waals surface area contributed by atoms with Crippen LogP contribution in [0.5, 0.6) is 0 Å². The van der Waals surface area contributed by atoms with E-state index in [0.717, 1.165) is 5.82 Å². The van der Waals surface area contributed by atoms with Gasteiger partial charge in [-0.15, -0.1) is 0 Å². The zero-order valence-corrected chi connectivity index (χ0v) is 14.6. The normalized spacial score (nSPS) is 12.5. The van der Waals surface area contributed by atoms with Gasteiger partial charge in [-0.05, 0) is 19.2 Å². The average Bonchev–Trinajstić information content (AvgIpc) is 2.86. The second kappa shape index (κ2) is 6.29. The minimum Gasteiger partial charge on any atom is -0.350 e. The van der Waals surface area contributed by atoms with Crippen LogP contribution >= 0.6 is 0 Å². The standard InChI is InChI=1S/C15H22N4O3S/c1-15(2,3)14-18-12(11-7-5-6-9-19(11)14)13(20)17-8-10-23(21,22)16-4/h5-7,9,16H,8,10H2,1-4H3,(H,17,20). The zero-order chi connectivity index (χ0) is 17.3. The monoisotopic (exact) mass is 338 g/mol. The number of carbonyl (C=O) groups is 1. The number of pyridine rings is 1. The predicted molar refractivity (Wildman–Crippen MR) is 89.1 cm³/mol. The van der Waals surface area contributed by atoms with Gasteiger partial charge in [0.25, 0.3) is 5.91 Å². The molecule has 0 fully saturated rings. The van der Waals surface area contributed by atoms with Crippen molar-refractivity contribution < 1.29 is 13.2 Å². The molecule has 0 saturated heterocycles. The molecule has 0 spiro atoms. The SMILES string of the molecule is CNS(=O)(=O)CCNC(=O)c1nc(C(C)(C)C)n2ccccc12. The van der Waals surface area contributed by atoms with E-state index < -0.39 is 10.0 Å². The summed E-state index contributed by atoms with van der Waals surface area (Å²) < 4.78 is 26.9. The van der Waals surface area contributed by atoms with Crippen molar-refractivity contribution in [1.29, 1.82) is 0 Å². The Bertz CT molecular complexity index is 819. The summed E-state index contributed by atoms with van der Waals surface area (Å²) in [5.41, 5.74) is 0.780. The molecular weight excluding hydrogens is 316 g/mol. The van der Waals surface area contributed by atoms with Crippen LogP contribution in [0.1, 0.15) is 37.1 Å². The number of sulfonamides is 1. The lowest BCUT2D eigenvalue weighted by molar-refractivity contribution is 0.0953. The maximum absolute atomic E-state index is 12.4. The predicted octanol–water partition coefficient (Wildman–Crippen LogP) is 0.911. The summed E-state index contributed by atoms with van der Waals surface area (Å²) in [5.74, 6) is 0.226. The number of aromatic nitrogens is 2. The summed E-state index contributed by atoms with van der Waals surface area (Å²) >= 11 is 0. The second-order valence-electron chi connectivity index (χ2n) is 6.27. The molecule has 0 aromatic carbocycles. The van der Waals surface area contributed by atoms with E-state index in [1.54, 1.807) is 0 Å². The molecule has 0 radical (unpaired) electrons. The van der Waals surface area contributed by atoms with Gasteiger partial charge in [-0.3, -0.25) is 4.79 Å². The lowest BCUT2D eigenvalue weighted by Crippen LogP contribution is -2.33. The van der Waals surface area contributed by atoms with Crippen molar-refractivity contribution in [3.8, 4) is 0 Å². The van der Waals surface area contributed by atoms with Crippen LogP contribution in [0.25, 0.3) is 5.52 Å². The summed E-state index contributed by atoms with van der Waals surface area (Å²) in [6.45, 7) is 6.10. The van der Waals surface area contributed by atoms with Crippen molar-refractivity contribution in [2.45, 2.75) is 26.2 Å². The third-order valence-electron chi connectivity index (χ3n) is 3.40. The third-order valence-corrected chi connectivity index (χ3v) is 4.77. The lowest BCUT2D eigenvalue weighted by Gasteiger charge is -2.16. The Balaban J connectivity index is 2.28. The molecule has 0 atom stereocenters. The molecule has 2 aromatic heterocycles. The Labute approximate surface area is 136 Å². The molecule has 2 heterocycles. The van der Waals surface area contributed by atoms with E-state index in [1.807, 2.05) is 49.6 Å². The number of nitrogens with one attached hydrogen (secondary N) is 2. The molecule has 0 bridgehead atoms. The summed E-state index contributed by atoms with van der Waals surface area (Å²) in [5, 5.41) is 2.61. The molecule has 0 aliphatic carbocycles. The minimum atomic E-state index is -3.35. The van der Waals surface area contributed by atoms with Gasteiger partial charge in [-0.25, -0.2) is 18.1 Å². The Kier molecular flexibility index (Phi) is 4.76. The number of fused-ring (bicyclic) bond motifs is 1. The van der Waals surface area contributed by atoms with Crippen molar-refractivity contribution >= 4 is 21.4 Å². The molecule has 2 aromatic rings. The highest BCUT2D eigenvalue weighted by Gasteiger charge is 2.24. The molecule has 2 rings (SSSR count). The van der Waals surface area contributed by atoms with Crippen molar-refractivity contribution in [1.82, 2.24) is 19.4 Å². The highest BCUT2D eigenvalue weighted by Crippen LogP contribution is 2.24. The van der Waals surface area contributed by atoms with Crippen molar-refractivity contribution in [3.63, 3.8) is 0 Å². The van der Waals surface area contributed by atoms with Crippen LogP contribution in [-0.4, -0.2) is 43.1 Å². The highest BCUT2D eigenvalue weighted by atomic mass is 32.2. The van der Waals surface area contributed by atoms with Gasteiger partial charge in [0.05, 0.1) is 11.3 Å². The first-order valence-electron chi connectivity index (χ1n) is 7.33. The summed E-state index contributed by atoms with van der Waals surface area (Å²) in [6, 6.07) is 5.54. The molecule has 0 aliphatic heterocycles. The van der Waals surface area contributed by atoms with Crippen LogP contribution in [0.2, 0.25) is 0 Å².